The van der Waals surface area contributed by atoms with Gasteiger partial charge in [-0.05, 0) is 43.3 Å². The summed E-state index contributed by atoms with van der Waals surface area (Å²) >= 11 is 5.76. The van der Waals surface area contributed by atoms with Crippen LogP contribution in [0.5, 0.6) is 0 Å². The first-order valence-corrected chi connectivity index (χ1v) is 7.80. The van der Waals surface area contributed by atoms with E-state index in [2.05, 4.69) is 15.2 Å². The number of nitrogens with one attached hydrogen (secondary N) is 1. The van der Waals surface area contributed by atoms with Crippen molar-refractivity contribution in [3.05, 3.63) is 64.7 Å². The molecular formula is C17H17ClFN3O. The van der Waals surface area contributed by atoms with Crippen molar-refractivity contribution in [3.8, 4) is 0 Å². The van der Waals surface area contributed by atoms with E-state index in [1.54, 1.807) is 30.5 Å². The Labute approximate surface area is 139 Å². The molecule has 0 spiro atoms. The lowest BCUT2D eigenvalue weighted by molar-refractivity contribution is 0.0927. The predicted molar refractivity (Wildman–Crippen MR) is 86.9 cm³/mol. The second kappa shape index (κ2) is 6.64. The van der Waals surface area contributed by atoms with Gasteiger partial charge in [0.1, 0.15) is 5.82 Å². The van der Waals surface area contributed by atoms with Gasteiger partial charge in [-0.3, -0.25) is 14.7 Å². The standard InChI is InChI=1S/C17H17ClFN3O/c1-22-8-6-15(21-17(23)12-3-2-7-20-10-12)16(22)11-4-5-13(18)14(19)9-11/h2-5,7,9-10,15-16H,6,8H2,1H3,(H,21,23)/t15-,16-/m0/s1. The highest BCUT2D eigenvalue weighted by atomic mass is 35.5. The summed E-state index contributed by atoms with van der Waals surface area (Å²) in [5.41, 5.74) is 1.33. The Morgan fingerprint density at radius 1 is 1.43 bits per heavy atom. The molecule has 4 nitrogen and oxygen atoms in total. The first-order valence-electron chi connectivity index (χ1n) is 7.42. The zero-order chi connectivity index (χ0) is 16.4. The van der Waals surface area contributed by atoms with Crippen LogP contribution in [0.2, 0.25) is 5.02 Å². The van der Waals surface area contributed by atoms with E-state index >= 15 is 0 Å². The van der Waals surface area contributed by atoms with Crippen LogP contribution in [0.25, 0.3) is 0 Å². The molecule has 2 heterocycles. The monoisotopic (exact) mass is 333 g/mol. The molecule has 2 atom stereocenters. The molecule has 6 heteroatoms. The number of likely N-dealkylation sites (tertiary alicyclic amines) is 1. The number of rotatable bonds is 3. The molecule has 3 rings (SSSR count). The molecular weight excluding hydrogens is 317 g/mol. The maximum absolute atomic E-state index is 13.8. The Morgan fingerprint density at radius 3 is 2.96 bits per heavy atom. The van der Waals surface area contributed by atoms with Gasteiger partial charge in [0.15, 0.2) is 0 Å². The molecule has 0 unspecified atom stereocenters. The molecule has 120 valence electrons. The predicted octanol–water partition coefficient (Wildman–Crippen LogP) is 3.05. The van der Waals surface area contributed by atoms with Gasteiger partial charge in [-0.15, -0.1) is 0 Å². The Hall–Kier alpha value is -1.98. The van der Waals surface area contributed by atoms with Gasteiger partial charge in [0, 0.05) is 18.9 Å². The second-order valence-corrected chi connectivity index (χ2v) is 6.12. The fraction of sp³-hybridized carbons (Fsp3) is 0.294. The molecule has 0 radical (unpaired) electrons. The summed E-state index contributed by atoms with van der Waals surface area (Å²) in [6.45, 7) is 0.826. The van der Waals surface area contributed by atoms with Crippen LogP contribution in [0, 0.1) is 5.82 Å². The largest absolute Gasteiger partial charge is 0.347 e. The second-order valence-electron chi connectivity index (χ2n) is 5.71. The number of carbonyl (C=O) groups excluding carboxylic acids is 1. The number of aromatic nitrogens is 1. The molecule has 0 aliphatic carbocycles. The van der Waals surface area contributed by atoms with Crippen molar-refractivity contribution in [2.24, 2.45) is 0 Å². The number of likely N-dealkylation sites (N-methyl/N-ethyl adjacent to an activating group) is 1. The van der Waals surface area contributed by atoms with E-state index in [9.17, 15) is 9.18 Å². The molecule has 0 saturated carbocycles. The molecule has 2 aromatic rings. The highest BCUT2D eigenvalue weighted by molar-refractivity contribution is 6.30. The average molecular weight is 334 g/mol. The first-order chi connectivity index (χ1) is 11.1. The van der Waals surface area contributed by atoms with Crippen LogP contribution in [0.3, 0.4) is 0 Å². The van der Waals surface area contributed by atoms with Gasteiger partial charge in [0.05, 0.1) is 22.7 Å². The van der Waals surface area contributed by atoms with Gasteiger partial charge in [-0.25, -0.2) is 4.39 Å². The summed E-state index contributed by atoms with van der Waals surface area (Å²) in [6, 6.07) is 8.08. The minimum Gasteiger partial charge on any atom is -0.347 e. The lowest BCUT2D eigenvalue weighted by Gasteiger charge is -2.26. The molecule has 1 amide bonds. The molecule has 1 saturated heterocycles. The number of hydrogen-bond donors (Lipinski definition) is 1. The molecule has 1 fully saturated rings. The van der Waals surface area contributed by atoms with Gasteiger partial charge in [0.2, 0.25) is 0 Å². The van der Waals surface area contributed by atoms with E-state index in [-0.39, 0.29) is 23.0 Å². The van der Waals surface area contributed by atoms with Crippen LogP contribution in [-0.4, -0.2) is 35.4 Å². The summed E-state index contributed by atoms with van der Waals surface area (Å²) in [5.74, 6) is -0.611. The van der Waals surface area contributed by atoms with Crippen molar-refractivity contribution in [2.45, 2.75) is 18.5 Å². The highest BCUT2D eigenvalue weighted by Crippen LogP contribution is 2.32. The molecule has 1 aromatic carbocycles. The van der Waals surface area contributed by atoms with Crippen LogP contribution in [0.15, 0.2) is 42.7 Å². The molecule has 1 aromatic heterocycles. The van der Waals surface area contributed by atoms with Gasteiger partial charge >= 0.3 is 0 Å². The Balaban J connectivity index is 1.81. The summed E-state index contributed by atoms with van der Waals surface area (Å²) in [6.07, 6.45) is 3.96. The van der Waals surface area contributed by atoms with Crippen molar-refractivity contribution in [3.63, 3.8) is 0 Å². The maximum Gasteiger partial charge on any atom is 0.253 e. The number of nitrogens with zero attached hydrogens (tertiary/aromatic N) is 2. The van der Waals surface area contributed by atoms with Gasteiger partial charge in [0.25, 0.3) is 5.91 Å². The zero-order valence-electron chi connectivity index (χ0n) is 12.7. The van der Waals surface area contributed by atoms with Crippen LogP contribution in [-0.2, 0) is 0 Å². The third kappa shape index (κ3) is 3.35. The third-order valence-electron chi connectivity index (χ3n) is 4.17. The van der Waals surface area contributed by atoms with Crippen molar-refractivity contribution in [2.75, 3.05) is 13.6 Å². The van der Waals surface area contributed by atoms with Crippen LogP contribution < -0.4 is 5.32 Å². The molecule has 1 N–H and O–H groups in total. The Kier molecular flexibility index (Phi) is 4.59. The Bertz CT molecular complexity index is 710. The van der Waals surface area contributed by atoms with E-state index in [1.165, 1.54) is 12.3 Å². The zero-order valence-corrected chi connectivity index (χ0v) is 13.4. The number of amides is 1. The summed E-state index contributed by atoms with van der Waals surface area (Å²) in [7, 11) is 1.97. The van der Waals surface area contributed by atoms with Gasteiger partial charge < -0.3 is 5.32 Å². The van der Waals surface area contributed by atoms with E-state index in [0.29, 0.717) is 5.56 Å². The minimum absolute atomic E-state index is 0.0811. The van der Waals surface area contributed by atoms with Crippen molar-refractivity contribution in [1.82, 2.24) is 15.2 Å². The first kappa shape index (κ1) is 15.9. The van der Waals surface area contributed by atoms with Gasteiger partial charge in [-0.2, -0.15) is 0 Å². The highest BCUT2D eigenvalue weighted by Gasteiger charge is 2.34. The maximum atomic E-state index is 13.8. The average Bonchev–Trinajstić information content (AvgIpc) is 2.91. The minimum atomic E-state index is -0.443. The topological polar surface area (TPSA) is 45.2 Å². The molecule has 0 bridgehead atoms. The van der Waals surface area contributed by atoms with Crippen molar-refractivity contribution in [1.29, 1.82) is 0 Å². The van der Waals surface area contributed by atoms with Crippen LogP contribution in [0.4, 0.5) is 4.39 Å². The van der Waals surface area contributed by atoms with Crippen molar-refractivity contribution >= 4 is 17.5 Å². The van der Waals surface area contributed by atoms with E-state index in [1.807, 2.05) is 7.05 Å². The lowest BCUT2D eigenvalue weighted by atomic mass is 9.99. The van der Waals surface area contributed by atoms with Crippen LogP contribution >= 0.6 is 11.6 Å². The Morgan fingerprint density at radius 2 is 2.26 bits per heavy atom. The number of pyridine rings is 1. The number of hydrogen-bond acceptors (Lipinski definition) is 3. The van der Waals surface area contributed by atoms with E-state index in [0.717, 1.165) is 18.5 Å². The van der Waals surface area contributed by atoms with Crippen molar-refractivity contribution < 1.29 is 9.18 Å². The molecule has 1 aliphatic heterocycles. The lowest BCUT2D eigenvalue weighted by Crippen LogP contribution is -2.39. The fourth-order valence-corrected chi connectivity index (χ4v) is 3.15. The third-order valence-corrected chi connectivity index (χ3v) is 4.48. The number of benzene rings is 1. The molecule has 23 heavy (non-hydrogen) atoms. The number of carbonyl (C=O) groups is 1. The normalized spacial score (nSPS) is 21.3. The SMILES string of the molecule is CN1CC[C@H](NC(=O)c2cccnc2)[C@@H]1c1ccc(Cl)c(F)c1. The van der Waals surface area contributed by atoms with E-state index < -0.39 is 5.82 Å². The summed E-state index contributed by atoms with van der Waals surface area (Å²) < 4.78 is 13.8. The summed E-state index contributed by atoms with van der Waals surface area (Å²) in [5, 5.41) is 3.13. The van der Waals surface area contributed by atoms with Crippen LogP contribution in [0.1, 0.15) is 28.4 Å². The smallest absolute Gasteiger partial charge is 0.253 e. The quantitative estimate of drug-likeness (QED) is 0.939. The number of halogens is 2. The molecule has 1 aliphatic rings. The van der Waals surface area contributed by atoms with Gasteiger partial charge in [-0.1, -0.05) is 17.7 Å². The van der Waals surface area contributed by atoms with E-state index in [4.69, 9.17) is 11.6 Å². The summed E-state index contributed by atoms with van der Waals surface area (Å²) in [4.78, 5) is 18.4. The fourth-order valence-electron chi connectivity index (χ4n) is 3.03.